The average molecular weight is 718 g/mol. The maximum Gasteiger partial charge on any atom is 3.00 e. The topological polar surface area (TPSA) is 223 Å². The molecule has 0 aliphatic heterocycles. The van der Waals surface area contributed by atoms with E-state index in [0.29, 0.717) is 16.7 Å². The first-order valence-corrected chi connectivity index (χ1v) is 11.8. The predicted molar refractivity (Wildman–Crippen MR) is 136 cm³/mol. The molecule has 13 heteroatoms. The van der Waals surface area contributed by atoms with Crippen LogP contribution in [0.15, 0.2) is 91.0 Å². The quantitative estimate of drug-likeness (QED) is 0.122. The van der Waals surface area contributed by atoms with Crippen LogP contribution in [0.25, 0.3) is 0 Å². The van der Waals surface area contributed by atoms with Crippen LogP contribution in [0.3, 0.4) is 0 Å². The Morgan fingerprint density at radius 1 is 0.372 bits per heavy atom. The first kappa shape index (κ1) is 38.4. The number of carbonyl (C=O) groups is 9. The number of carboxylic acids is 3. The Morgan fingerprint density at radius 3 is 0.721 bits per heavy atom. The van der Waals surface area contributed by atoms with Gasteiger partial charge in [0.25, 0.3) is 0 Å². The Morgan fingerprint density at radius 2 is 0.558 bits per heavy atom. The third kappa shape index (κ3) is 15.3. The normalized spacial score (nSPS) is 9.21. The van der Waals surface area contributed by atoms with Crippen molar-refractivity contribution >= 4 is 52.6 Å². The van der Waals surface area contributed by atoms with E-state index in [0.717, 1.165) is 0 Å². The van der Waals surface area contributed by atoms with Gasteiger partial charge < -0.3 is 29.7 Å². The van der Waals surface area contributed by atoms with E-state index in [2.05, 4.69) is 0 Å². The van der Waals surface area contributed by atoms with Crippen LogP contribution in [0.1, 0.15) is 50.3 Å². The fraction of sp³-hybridized carbons (Fsp3) is 0.100. The van der Waals surface area contributed by atoms with Gasteiger partial charge in [-0.15, -0.1) is 0 Å². The molecular weight excluding hydrogens is 697 g/mol. The molecule has 0 heterocycles. The SMILES string of the molecule is O=C([O-])C(=O)CC(=O)c1ccccc1.O=C([O-])C(=O)CC(=O)c1ccccc1.O=C([O-])C(=O)CC(=O)c1ccccc1.[Nd+3]. The van der Waals surface area contributed by atoms with Crippen molar-refractivity contribution in [1.29, 1.82) is 0 Å². The van der Waals surface area contributed by atoms with E-state index < -0.39 is 71.9 Å². The van der Waals surface area contributed by atoms with Crippen LogP contribution in [0.2, 0.25) is 0 Å². The number of aliphatic carboxylic acids is 3. The summed E-state index contributed by atoms with van der Waals surface area (Å²) in [6.45, 7) is 0. The Labute approximate surface area is 277 Å². The van der Waals surface area contributed by atoms with E-state index >= 15 is 0 Å². The number of hydrogen-bond donors (Lipinski definition) is 0. The summed E-state index contributed by atoms with van der Waals surface area (Å²) in [5.74, 6) is -10.6. The molecule has 12 nitrogen and oxygen atoms in total. The van der Waals surface area contributed by atoms with E-state index in [1.165, 1.54) is 36.4 Å². The number of ketones is 6. The van der Waals surface area contributed by atoms with Crippen LogP contribution in [0.5, 0.6) is 0 Å². The second-order valence-electron chi connectivity index (χ2n) is 8.03. The Kier molecular flexibility index (Phi) is 18.2. The minimum absolute atomic E-state index is 0. The molecule has 0 saturated carbocycles. The Bertz CT molecular complexity index is 1290. The van der Waals surface area contributed by atoms with E-state index in [-0.39, 0.29) is 40.8 Å². The van der Waals surface area contributed by atoms with E-state index in [1.54, 1.807) is 54.6 Å². The van der Waals surface area contributed by atoms with Crippen LogP contribution >= 0.6 is 0 Å². The summed E-state index contributed by atoms with van der Waals surface area (Å²) in [5, 5.41) is 30.2. The molecule has 0 fully saturated rings. The van der Waals surface area contributed by atoms with Crippen molar-refractivity contribution in [3.8, 4) is 0 Å². The molecule has 43 heavy (non-hydrogen) atoms. The molecule has 217 valence electrons. The summed E-state index contributed by atoms with van der Waals surface area (Å²) in [7, 11) is 0. The summed E-state index contributed by atoms with van der Waals surface area (Å²) >= 11 is 0. The van der Waals surface area contributed by atoms with Gasteiger partial charge in [0, 0.05) is 16.7 Å². The van der Waals surface area contributed by atoms with E-state index in [1.807, 2.05) is 0 Å². The van der Waals surface area contributed by atoms with Gasteiger partial charge in [-0.25, -0.2) is 0 Å². The molecule has 0 aromatic heterocycles. The molecule has 3 aromatic carbocycles. The Hall–Kier alpha value is -4.56. The summed E-state index contributed by atoms with van der Waals surface area (Å²) in [4.78, 5) is 95.8. The van der Waals surface area contributed by atoms with Crippen molar-refractivity contribution in [3.63, 3.8) is 0 Å². The minimum Gasteiger partial charge on any atom is -0.542 e. The van der Waals surface area contributed by atoms with Gasteiger partial charge in [-0.2, -0.15) is 0 Å². The molecular formula is C30H21NdO12. The number of hydrogen-bond acceptors (Lipinski definition) is 12. The van der Waals surface area contributed by atoms with Gasteiger partial charge in [0.15, 0.2) is 34.7 Å². The number of benzene rings is 3. The zero-order valence-corrected chi connectivity index (χ0v) is 25.4. The number of Topliss-reactive ketones (excluding diaryl/α,β-unsaturated/α-hetero) is 6. The van der Waals surface area contributed by atoms with Gasteiger partial charge >= 0.3 is 40.8 Å². The second-order valence-corrected chi connectivity index (χ2v) is 8.03. The fourth-order valence-corrected chi connectivity index (χ4v) is 2.83. The summed E-state index contributed by atoms with van der Waals surface area (Å²) in [6.07, 6.45) is -1.94. The van der Waals surface area contributed by atoms with Crippen molar-refractivity contribution < 1.29 is 99.3 Å². The van der Waals surface area contributed by atoms with Crippen molar-refractivity contribution in [3.05, 3.63) is 108 Å². The van der Waals surface area contributed by atoms with Crippen LogP contribution in [-0.4, -0.2) is 52.6 Å². The number of carboxylic acid groups (broad SMARTS) is 3. The molecule has 0 atom stereocenters. The van der Waals surface area contributed by atoms with Gasteiger partial charge in [-0.1, -0.05) is 91.0 Å². The van der Waals surface area contributed by atoms with Gasteiger partial charge in [0.05, 0.1) is 19.3 Å². The summed E-state index contributed by atoms with van der Waals surface area (Å²) in [5.41, 5.74) is 0.964. The fourth-order valence-electron chi connectivity index (χ4n) is 2.83. The molecule has 0 spiro atoms. The monoisotopic (exact) mass is 715 g/mol. The largest absolute Gasteiger partial charge is 3.00 e. The van der Waals surface area contributed by atoms with Crippen molar-refractivity contribution in [1.82, 2.24) is 0 Å². The predicted octanol–water partition coefficient (Wildman–Crippen LogP) is -1.26. The van der Waals surface area contributed by atoms with E-state index in [9.17, 15) is 58.5 Å². The number of rotatable bonds is 12. The first-order valence-electron chi connectivity index (χ1n) is 11.8. The second kappa shape index (κ2) is 20.3. The van der Waals surface area contributed by atoms with E-state index in [4.69, 9.17) is 0 Å². The maximum absolute atomic E-state index is 11.2. The summed E-state index contributed by atoms with van der Waals surface area (Å²) in [6, 6.07) is 24.1. The third-order valence-electron chi connectivity index (χ3n) is 4.93. The van der Waals surface area contributed by atoms with Gasteiger partial charge in [-0.3, -0.25) is 28.8 Å². The molecule has 1 radical (unpaired) electrons. The van der Waals surface area contributed by atoms with Crippen LogP contribution in [0.4, 0.5) is 0 Å². The van der Waals surface area contributed by atoms with Crippen molar-refractivity contribution in [2.75, 3.05) is 0 Å². The smallest absolute Gasteiger partial charge is 0.542 e. The molecule has 0 bridgehead atoms. The molecule has 0 aliphatic rings. The maximum atomic E-state index is 11.2. The molecule has 3 aromatic rings. The molecule has 0 N–H and O–H groups in total. The van der Waals surface area contributed by atoms with Gasteiger partial charge in [-0.05, 0) is 0 Å². The van der Waals surface area contributed by atoms with Gasteiger partial charge in [0.1, 0.15) is 17.9 Å². The molecule has 0 amide bonds. The standard InChI is InChI=1S/3C10H8O4.Nd/c3*11-8(6-9(12)10(13)14)7-4-2-1-3-5-7;/h3*1-5H,6H2,(H,13,14);/q;;;+3/p-3. The van der Waals surface area contributed by atoms with Crippen molar-refractivity contribution in [2.45, 2.75) is 19.3 Å². The van der Waals surface area contributed by atoms with Crippen LogP contribution < -0.4 is 15.3 Å². The molecule has 0 aliphatic carbocycles. The molecule has 3 rings (SSSR count). The average Bonchev–Trinajstić information content (AvgIpc) is 2.98. The summed E-state index contributed by atoms with van der Waals surface area (Å²) < 4.78 is 0. The zero-order valence-electron chi connectivity index (χ0n) is 22.2. The van der Waals surface area contributed by atoms with Crippen LogP contribution in [0, 0.1) is 40.8 Å². The number of carbonyl (C=O) groups excluding carboxylic acids is 9. The molecule has 0 saturated heterocycles. The first-order chi connectivity index (χ1) is 19.8. The van der Waals surface area contributed by atoms with Crippen molar-refractivity contribution in [2.24, 2.45) is 0 Å². The Balaban J connectivity index is 0.000000608. The van der Waals surface area contributed by atoms with Gasteiger partial charge in [0.2, 0.25) is 0 Å². The zero-order chi connectivity index (χ0) is 31.7. The minimum atomic E-state index is -1.82. The molecule has 0 unspecified atom stereocenters. The van der Waals surface area contributed by atoms with Crippen LogP contribution in [-0.2, 0) is 28.8 Å². The third-order valence-corrected chi connectivity index (χ3v) is 4.93.